The summed E-state index contributed by atoms with van der Waals surface area (Å²) in [5.41, 5.74) is 4.08. The number of carbonyl (C=O) groups excluding carboxylic acids is 1. The minimum absolute atomic E-state index is 0.249. The summed E-state index contributed by atoms with van der Waals surface area (Å²) in [4.78, 5) is 12.1. The molecule has 4 heteroatoms. The molecule has 0 spiro atoms. The Morgan fingerprint density at radius 1 is 1.37 bits per heavy atom. The molecule has 0 radical (unpaired) electrons. The number of aryl methyl sites for hydroxylation is 2. The van der Waals surface area contributed by atoms with E-state index in [-0.39, 0.29) is 5.78 Å². The Balaban J connectivity index is 2.01. The molecule has 2 aromatic rings. The van der Waals surface area contributed by atoms with Gasteiger partial charge in [-0.25, -0.2) is 0 Å². The highest BCUT2D eigenvalue weighted by atomic mass is 79.9. The highest BCUT2D eigenvalue weighted by Gasteiger charge is 2.25. The second-order valence-electron chi connectivity index (χ2n) is 4.98. The van der Waals surface area contributed by atoms with Gasteiger partial charge in [-0.15, -0.1) is 0 Å². The summed E-state index contributed by atoms with van der Waals surface area (Å²) in [5.74, 6) is 0.249. The van der Waals surface area contributed by atoms with E-state index >= 15 is 0 Å². The van der Waals surface area contributed by atoms with Gasteiger partial charge in [0, 0.05) is 24.4 Å². The highest BCUT2D eigenvalue weighted by molar-refractivity contribution is 9.10. The van der Waals surface area contributed by atoms with E-state index in [4.69, 9.17) is 0 Å². The van der Waals surface area contributed by atoms with Crippen LogP contribution >= 0.6 is 15.9 Å². The fourth-order valence-corrected chi connectivity index (χ4v) is 3.15. The van der Waals surface area contributed by atoms with Gasteiger partial charge in [-0.1, -0.05) is 28.1 Å². The number of hydrogen-bond donors (Lipinski definition) is 0. The second kappa shape index (κ2) is 4.93. The van der Waals surface area contributed by atoms with E-state index in [0.29, 0.717) is 6.42 Å². The summed E-state index contributed by atoms with van der Waals surface area (Å²) >= 11 is 3.48. The van der Waals surface area contributed by atoms with Crippen molar-refractivity contribution in [2.24, 2.45) is 7.05 Å². The molecule has 0 unspecified atom stereocenters. The molecule has 0 N–H and O–H groups in total. The number of fused-ring (bicyclic) bond motifs is 1. The van der Waals surface area contributed by atoms with Crippen LogP contribution in [0.5, 0.6) is 0 Å². The Morgan fingerprint density at radius 2 is 2.21 bits per heavy atom. The molecule has 0 saturated carbocycles. The number of rotatable bonds is 2. The van der Waals surface area contributed by atoms with Crippen LogP contribution in [0.25, 0.3) is 0 Å². The number of nitrogens with zero attached hydrogens (tertiary/aromatic N) is 2. The maximum atomic E-state index is 12.1. The number of hydrogen-bond acceptors (Lipinski definition) is 2. The largest absolute Gasteiger partial charge is 0.294 e. The van der Waals surface area contributed by atoms with E-state index in [1.54, 1.807) is 0 Å². The van der Waals surface area contributed by atoms with E-state index in [0.717, 1.165) is 40.7 Å². The Hall–Kier alpha value is -1.42. The number of halogens is 1. The molecule has 3 rings (SSSR count). The lowest BCUT2D eigenvalue weighted by Gasteiger charge is -2.10. The molecule has 0 amide bonds. The summed E-state index contributed by atoms with van der Waals surface area (Å²) < 4.78 is 2.93. The third-order valence-corrected chi connectivity index (χ3v) is 4.09. The fourth-order valence-electron chi connectivity index (χ4n) is 2.70. The summed E-state index contributed by atoms with van der Waals surface area (Å²) in [7, 11) is 1.93. The molecule has 0 fully saturated rings. The number of Topliss-reactive ketones (excluding diaryl/α,β-unsaturated/α-hetero) is 1. The van der Waals surface area contributed by atoms with E-state index in [9.17, 15) is 4.79 Å². The smallest absolute Gasteiger partial charge is 0.166 e. The minimum atomic E-state index is 0.249. The van der Waals surface area contributed by atoms with E-state index in [1.807, 2.05) is 23.9 Å². The first-order valence-corrected chi connectivity index (χ1v) is 7.27. The molecule has 0 saturated heterocycles. The van der Waals surface area contributed by atoms with E-state index in [1.165, 1.54) is 5.56 Å². The molecule has 3 nitrogen and oxygen atoms in total. The Bertz CT molecular complexity index is 646. The zero-order valence-electron chi connectivity index (χ0n) is 10.8. The van der Waals surface area contributed by atoms with Gasteiger partial charge in [-0.05, 0) is 30.5 Å². The van der Waals surface area contributed by atoms with Crippen molar-refractivity contribution < 1.29 is 4.79 Å². The van der Waals surface area contributed by atoms with Gasteiger partial charge in [0.05, 0.1) is 17.0 Å². The van der Waals surface area contributed by atoms with Crippen molar-refractivity contribution in [1.82, 2.24) is 9.78 Å². The molecule has 1 heterocycles. The van der Waals surface area contributed by atoms with Crippen molar-refractivity contribution >= 4 is 21.7 Å². The van der Waals surface area contributed by atoms with E-state index < -0.39 is 0 Å². The van der Waals surface area contributed by atoms with Crippen LogP contribution in [0, 0.1) is 0 Å². The number of benzene rings is 1. The molecular weight excluding hydrogens is 304 g/mol. The Morgan fingerprint density at radius 3 is 3.00 bits per heavy atom. The summed E-state index contributed by atoms with van der Waals surface area (Å²) in [6, 6.07) is 8.20. The molecule has 1 aromatic carbocycles. The SMILES string of the molecule is Cn1nc2c(c1Cc1cccc(Br)c1)C(=O)CCC2. The van der Waals surface area contributed by atoms with Crippen LogP contribution in [0.3, 0.4) is 0 Å². The molecule has 0 bridgehead atoms. The van der Waals surface area contributed by atoms with E-state index in [2.05, 4.69) is 33.2 Å². The number of carbonyl (C=O) groups is 1. The third-order valence-electron chi connectivity index (χ3n) is 3.60. The standard InChI is InChI=1S/C15H15BrN2O/c1-18-13(9-10-4-2-5-11(16)8-10)15-12(17-18)6-3-7-14(15)19/h2,4-5,8H,3,6-7,9H2,1H3. The lowest BCUT2D eigenvalue weighted by molar-refractivity contribution is 0.0971. The first kappa shape index (κ1) is 12.6. The number of ketones is 1. The van der Waals surface area contributed by atoms with Crippen LogP contribution in [-0.4, -0.2) is 15.6 Å². The fraction of sp³-hybridized carbons (Fsp3) is 0.333. The Kier molecular flexibility index (Phi) is 3.27. The Labute approximate surface area is 120 Å². The van der Waals surface area contributed by atoms with Crippen molar-refractivity contribution in [3.05, 3.63) is 51.3 Å². The van der Waals surface area contributed by atoms with Crippen molar-refractivity contribution in [3.8, 4) is 0 Å². The van der Waals surface area contributed by atoms with Gasteiger partial charge < -0.3 is 0 Å². The molecule has 1 aliphatic carbocycles. The normalized spacial score (nSPS) is 14.5. The van der Waals surface area contributed by atoms with Crippen LogP contribution in [0.4, 0.5) is 0 Å². The first-order valence-electron chi connectivity index (χ1n) is 6.47. The van der Waals surface area contributed by atoms with Gasteiger partial charge in [0.25, 0.3) is 0 Å². The molecule has 1 aromatic heterocycles. The molecule has 0 aliphatic heterocycles. The topological polar surface area (TPSA) is 34.9 Å². The quantitative estimate of drug-likeness (QED) is 0.851. The van der Waals surface area contributed by atoms with Gasteiger partial charge in [-0.2, -0.15) is 5.10 Å². The number of aromatic nitrogens is 2. The molecular formula is C15H15BrN2O. The monoisotopic (exact) mass is 318 g/mol. The van der Waals surface area contributed by atoms with Gasteiger partial charge in [0.1, 0.15) is 0 Å². The molecule has 1 aliphatic rings. The summed E-state index contributed by atoms with van der Waals surface area (Å²) in [6.45, 7) is 0. The van der Waals surface area contributed by atoms with Crippen LogP contribution in [0.2, 0.25) is 0 Å². The van der Waals surface area contributed by atoms with Crippen LogP contribution < -0.4 is 0 Å². The highest BCUT2D eigenvalue weighted by Crippen LogP contribution is 2.26. The molecule has 98 valence electrons. The van der Waals surface area contributed by atoms with Crippen molar-refractivity contribution in [2.45, 2.75) is 25.7 Å². The minimum Gasteiger partial charge on any atom is -0.294 e. The lowest BCUT2D eigenvalue weighted by atomic mass is 9.92. The van der Waals surface area contributed by atoms with Crippen molar-refractivity contribution in [1.29, 1.82) is 0 Å². The predicted molar refractivity (Wildman–Crippen MR) is 77.4 cm³/mol. The summed E-state index contributed by atoms with van der Waals surface area (Å²) in [5, 5.41) is 4.50. The van der Waals surface area contributed by atoms with Gasteiger partial charge in [-0.3, -0.25) is 9.48 Å². The average molecular weight is 319 g/mol. The lowest BCUT2D eigenvalue weighted by Crippen LogP contribution is -2.11. The maximum absolute atomic E-state index is 12.1. The van der Waals surface area contributed by atoms with Crippen LogP contribution in [0.15, 0.2) is 28.7 Å². The molecule has 19 heavy (non-hydrogen) atoms. The van der Waals surface area contributed by atoms with Crippen LogP contribution in [-0.2, 0) is 19.9 Å². The first-order chi connectivity index (χ1) is 9.15. The van der Waals surface area contributed by atoms with Crippen molar-refractivity contribution in [2.75, 3.05) is 0 Å². The predicted octanol–water partition coefficient (Wildman–Crippen LogP) is 3.29. The van der Waals surface area contributed by atoms with Gasteiger partial charge in [0.15, 0.2) is 5.78 Å². The zero-order valence-corrected chi connectivity index (χ0v) is 12.4. The molecule has 0 atom stereocenters. The van der Waals surface area contributed by atoms with Crippen molar-refractivity contribution in [3.63, 3.8) is 0 Å². The van der Waals surface area contributed by atoms with Crippen LogP contribution in [0.1, 0.15) is 40.2 Å². The second-order valence-corrected chi connectivity index (χ2v) is 5.89. The zero-order chi connectivity index (χ0) is 13.4. The summed E-state index contributed by atoms with van der Waals surface area (Å²) in [6.07, 6.45) is 3.26. The maximum Gasteiger partial charge on any atom is 0.166 e. The van der Waals surface area contributed by atoms with Gasteiger partial charge >= 0.3 is 0 Å². The third kappa shape index (κ3) is 2.37. The average Bonchev–Trinajstić information content (AvgIpc) is 2.67. The van der Waals surface area contributed by atoms with Gasteiger partial charge in [0.2, 0.25) is 0 Å².